The van der Waals surface area contributed by atoms with Crippen LogP contribution >= 0.6 is 0 Å². The molecular formula is C12H18O9. The Morgan fingerprint density at radius 1 is 0.952 bits per heavy atom. The van der Waals surface area contributed by atoms with Gasteiger partial charge < -0.3 is 24.1 Å². The Hall–Kier alpha value is -2.16. The number of hydrogen-bond donors (Lipinski definition) is 1. The second-order valence-corrected chi connectivity index (χ2v) is 4.00. The summed E-state index contributed by atoms with van der Waals surface area (Å²) in [6.07, 6.45) is -4.83. The molecule has 0 fully saturated rings. The van der Waals surface area contributed by atoms with Crippen LogP contribution in [0.5, 0.6) is 0 Å². The first kappa shape index (κ1) is 18.8. The van der Waals surface area contributed by atoms with Gasteiger partial charge in [0.2, 0.25) is 6.10 Å². The van der Waals surface area contributed by atoms with E-state index in [0.717, 1.165) is 27.9 Å². The van der Waals surface area contributed by atoms with Crippen molar-refractivity contribution in [2.24, 2.45) is 0 Å². The average molecular weight is 306 g/mol. The molecule has 0 aromatic carbocycles. The molecule has 0 saturated heterocycles. The van der Waals surface area contributed by atoms with Gasteiger partial charge in [-0.25, -0.2) is 4.79 Å². The molecule has 21 heavy (non-hydrogen) atoms. The lowest BCUT2D eigenvalue weighted by molar-refractivity contribution is -0.190. The number of carbonyl (C=O) groups is 4. The number of hydrogen-bond acceptors (Lipinski definition) is 9. The monoisotopic (exact) mass is 306 g/mol. The van der Waals surface area contributed by atoms with Crippen molar-refractivity contribution in [3.63, 3.8) is 0 Å². The van der Waals surface area contributed by atoms with Crippen molar-refractivity contribution in [3.8, 4) is 0 Å². The molecule has 0 aromatic heterocycles. The van der Waals surface area contributed by atoms with Crippen LogP contribution in [-0.2, 0) is 38.1 Å². The van der Waals surface area contributed by atoms with Gasteiger partial charge in [-0.05, 0) is 0 Å². The zero-order valence-electron chi connectivity index (χ0n) is 12.2. The smallest absolute Gasteiger partial charge is 0.351 e. The predicted octanol–water partition coefficient (Wildman–Crippen LogP) is -1.05. The topological polar surface area (TPSA) is 125 Å². The normalized spacial score (nSPS) is 14.3. The molecule has 9 heteroatoms. The third kappa shape index (κ3) is 7.25. The van der Waals surface area contributed by atoms with E-state index in [1.807, 2.05) is 0 Å². The number of aliphatic hydroxyl groups excluding tert-OH is 1. The van der Waals surface area contributed by atoms with Gasteiger partial charge in [-0.3, -0.25) is 14.4 Å². The Balaban J connectivity index is 5.19. The lowest BCUT2D eigenvalue weighted by Crippen LogP contribution is -2.49. The number of aliphatic hydroxyl groups is 1. The van der Waals surface area contributed by atoms with Crippen molar-refractivity contribution >= 4 is 23.9 Å². The summed E-state index contributed by atoms with van der Waals surface area (Å²) in [4.78, 5) is 44.4. The van der Waals surface area contributed by atoms with Gasteiger partial charge in [-0.2, -0.15) is 0 Å². The molecule has 0 aliphatic carbocycles. The molecule has 0 bridgehead atoms. The molecule has 3 atom stereocenters. The Morgan fingerprint density at radius 2 is 1.48 bits per heavy atom. The van der Waals surface area contributed by atoms with Crippen LogP contribution in [0.25, 0.3) is 0 Å². The Labute approximate surface area is 121 Å². The third-order valence-corrected chi connectivity index (χ3v) is 2.16. The van der Waals surface area contributed by atoms with E-state index in [1.165, 1.54) is 0 Å². The first-order valence-electron chi connectivity index (χ1n) is 5.92. The molecule has 0 amide bonds. The number of rotatable bonds is 7. The summed E-state index contributed by atoms with van der Waals surface area (Å²) in [6.45, 7) is 2.62. The maximum Gasteiger partial charge on any atom is 0.351 e. The third-order valence-electron chi connectivity index (χ3n) is 2.16. The molecule has 0 rings (SSSR count). The van der Waals surface area contributed by atoms with E-state index in [4.69, 9.17) is 9.47 Å². The largest absolute Gasteiger partial charge is 0.466 e. The molecule has 0 saturated carbocycles. The highest BCUT2D eigenvalue weighted by Crippen LogP contribution is 2.13. The Kier molecular flexibility index (Phi) is 7.99. The van der Waals surface area contributed by atoms with E-state index in [1.54, 1.807) is 0 Å². The molecule has 0 heterocycles. The van der Waals surface area contributed by atoms with E-state index < -0.39 is 48.8 Å². The van der Waals surface area contributed by atoms with Crippen LogP contribution in [0.3, 0.4) is 0 Å². The van der Waals surface area contributed by atoms with E-state index in [-0.39, 0.29) is 0 Å². The molecule has 120 valence electrons. The van der Waals surface area contributed by atoms with Crippen LogP contribution in [-0.4, -0.2) is 61.0 Å². The molecule has 9 nitrogen and oxygen atoms in total. The maximum atomic E-state index is 11.6. The molecule has 0 spiro atoms. The first-order valence-corrected chi connectivity index (χ1v) is 5.92. The second-order valence-electron chi connectivity index (χ2n) is 4.00. The van der Waals surface area contributed by atoms with Gasteiger partial charge in [-0.1, -0.05) is 0 Å². The minimum atomic E-state index is -1.68. The fraction of sp³-hybridized carbons (Fsp3) is 0.667. The molecule has 1 N–H and O–H groups in total. The molecular weight excluding hydrogens is 288 g/mol. The van der Waals surface area contributed by atoms with Gasteiger partial charge in [0.05, 0.1) is 7.11 Å². The summed E-state index contributed by atoms with van der Waals surface area (Å²) < 4.78 is 18.5. The number of esters is 4. The van der Waals surface area contributed by atoms with Crippen molar-refractivity contribution in [1.82, 2.24) is 0 Å². The van der Waals surface area contributed by atoms with Crippen LogP contribution in [0, 0.1) is 0 Å². The standard InChI is InChI=1S/C12H18O9/c1-6(13)19-5-9(16)10(20-7(2)14)11(12(17)18-4)21-8(3)15/h9-11,16H,5H2,1-4H3. The van der Waals surface area contributed by atoms with Gasteiger partial charge in [0, 0.05) is 20.8 Å². The van der Waals surface area contributed by atoms with Crippen molar-refractivity contribution in [1.29, 1.82) is 0 Å². The van der Waals surface area contributed by atoms with Crippen molar-refractivity contribution in [2.45, 2.75) is 39.1 Å². The first-order chi connectivity index (χ1) is 9.68. The summed E-state index contributed by atoms with van der Waals surface area (Å²) in [5.74, 6) is -3.39. The number of carbonyl (C=O) groups excluding carboxylic acids is 4. The Bertz CT molecular complexity index is 404. The van der Waals surface area contributed by atoms with Crippen molar-refractivity contribution in [3.05, 3.63) is 0 Å². The van der Waals surface area contributed by atoms with E-state index >= 15 is 0 Å². The lowest BCUT2D eigenvalue weighted by Gasteiger charge is -2.27. The van der Waals surface area contributed by atoms with Gasteiger partial charge >= 0.3 is 23.9 Å². The fourth-order valence-electron chi connectivity index (χ4n) is 1.38. The zero-order chi connectivity index (χ0) is 16.6. The van der Waals surface area contributed by atoms with Crippen LogP contribution in [0.2, 0.25) is 0 Å². The SMILES string of the molecule is COC(=O)C(OC(C)=O)C(OC(C)=O)C(O)COC(C)=O. The van der Waals surface area contributed by atoms with Crippen LogP contribution < -0.4 is 0 Å². The van der Waals surface area contributed by atoms with Crippen LogP contribution in [0.15, 0.2) is 0 Å². The Morgan fingerprint density at radius 3 is 1.86 bits per heavy atom. The molecule has 0 aromatic rings. The highest BCUT2D eigenvalue weighted by molar-refractivity contribution is 5.80. The molecule has 0 aliphatic heterocycles. The average Bonchev–Trinajstić information content (AvgIpc) is 2.38. The summed E-state index contributed by atoms with van der Waals surface area (Å²) in [5.41, 5.74) is 0. The quantitative estimate of drug-likeness (QED) is 0.463. The predicted molar refractivity (Wildman–Crippen MR) is 65.8 cm³/mol. The molecule has 0 radical (unpaired) electrons. The molecule has 0 aliphatic rings. The fourth-order valence-corrected chi connectivity index (χ4v) is 1.38. The van der Waals surface area contributed by atoms with Crippen LogP contribution in [0.1, 0.15) is 20.8 Å². The van der Waals surface area contributed by atoms with E-state index in [0.29, 0.717) is 0 Å². The number of ether oxygens (including phenoxy) is 4. The summed E-state index contributed by atoms with van der Waals surface area (Å²) in [6, 6.07) is 0. The zero-order valence-corrected chi connectivity index (χ0v) is 12.2. The second kappa shape index (κ2) is 8.90. The van der Waals surface area contributed by atoms with E-state index in [2.05, 4.69) is 9.47 Å². The highest BCUT2D eigenvalue weighted by atomic mass is 16.6. The minimum Gasteiger partial charge on any atom is -0.466 e. The molecule has 3 unspecified atom stereocenters. The van der Waals surface area contributed by atoms with Crippen LogP contribution in [0.4, 0.5) is 0 Å². The lowest BCUT2D eigenvalue weighted by atomic mass is 10.1. The summed E-state index contributed by atoms with van der Waals surface area (Å²) >= 11 is 0. The van der Waals surface area contributed by atoms with E-state index in [9.17, 15) is 24.3 Å². The minimum absolute atomic E-state index is 0.554. The van der Waals surface area contributed by atoms with Gasteiger partial charge in [0.15, 0.2) is 6.10 Å². The highest BCUT2D eigenvalue weighted by Gasteiger charge is 2.40. The summed E-state index contributed by atoms with van der Waals surface area (Å²) in [5, 5.41) is 9.88. The summed E-state index contributed by atoms with van der Waals surface area (Å²) in [7, 11) is 1.03. The van der Waals surface area contributed by atoms with Gasteiger partial charge in [0.1, 0.15) is 12.7 Å². The van der Waals surface area contributed by atoms with Crippen molar-refractivity contribution < 1.29 is 43.2 Å². The van der Waals surface area contributed by atoms with Gasteiger partial charge in [0.25, 0.3) is 0 Å². The maximum absolute atomic E-state index is 11.6. The van der Waals surface area contributed by atoms with Crippen molar-refractivity contribution in [2.75, 3.05) is 13.7 Å². The number of methoxy groups -OCH3 is 1. The van der Waals surface area contributed by atoms with Gasteiger partial charge in [-0.15, -0.1) is 0 Å².